The highest BCUT2D eigenvalue weighted by Gasteiger charge is 2.26. The smallest absolute Gasteiger partial charge is 0.332 e. The molecule has 3 heterocycles. The van der Waals surface area contributed by atoms with Gasteiger partial charge in [-0.3, -0.25) is 13.9 Å². The van der Waals surface area contributed by atoms with Gasteiger partial charge in [-0.1, -0.05) is 0 Å². The molecule has 10 nitrogen and oxygen atoms in total. The van der Waals surface area contributed by atoms with Crippen molar-refractivity contribution in [1.82, 2.24) is 28.9 Å². The number of fused-ring (bicyclic) bond motifs is 1. The van der Waals surface area contributed by atoms with Crippen molar-refractivity contribution in [3.05, 3.63) is 20.8 Å². The van der Waals surface area contributed by atoms with Crippen molar-refractivity contribution in [2.45, 2.75) is 13.8 Å². The number of aromatic nitrogens is 4. The molecule has 0 atom stereocenters. The van der Waals surface area contributed by atoms with E-state index in [0.717, 1.165) is 4.57 Å². The van der Waals surface area contributed by atoms with Crippen LogP contribution >= 0.6 is 0 Å². The predicted octanol–water partition coefficient (Wildman–Crippen LogP) is -0.456. The van der Waals surface area contributed by atoms with Gasteiger partial charge in [0.2, 0.25) is 5.95 Å². The summed E-state index contributed by atoms with van der Waals surface area (Å²) in [6.07, 6.45) is 0. The summed E-state index contributed by atoms with van der Waals surface area (Å²) < 4.78 is 2.42. The van der Waals surface area contributed by atoms with Crippen molar-refractivity contribution in [3.63, 3.8) is 0 Å². The molecule has 142 valence electrons. The Balaban J connectivity index is 1.81. The van der Waals surface area contributed by atoms with E-state index in [9.17, 15) is 14.4 Å². The lowest BCUT2D eigenvalue weighted by Gasteiger charge is -2.37. The number of aryl methyl sites for hydroxylation is 1. The number of rotatable bonds is 3. The number of H-pyrrole nitrogens is 1. The Hall–Kier alpha value is -2.78. The molecule has 0 aliphatic carbocycles. The third kappa shape index (κ3) is 2.85. The molecule has 2 aromatic heterocycles. The third-order valence-electron chi connectivity index (χ3n) is 4.97. The number of imidazole rings is 1. The van der Waals surface area contributed by atoms with Crippen molar-refractivity contribution in [3.8, 4) is 0 Å². The van der Waals surface area contributed by atoms with Crippen molar-refractivity contribution in [1.29, 1.82) is 0 Å². The number of nitrogens with zero attached hydrogens (tertiary/aromatic N) is 6. The van der Waals surface area contributed by atoms with Gasteiger partial charge in [0.15, 0.2) is 11.2 Å². The molecule has 0 radical (unpaired) electrons. The number of piperazine rings is 1. The zero-order chi connectivity index (χ0) is 19.0. The first kappa shape index (κ1) is 18.0. The minimum atomic E-state index is -0.407. The highest BCUT2D eigenvalue weighted by Crippen LogP contribution is 2.16. The third-order valence-corrected chi connectivity index (χ3v) is 4.97. The van der Waals surface area contributed by atoms with E-state index in [0.29, 0.717) is 56.4 Å². The van der Waals surface area contributed by atoms with Crippen LogP contribution in [-0.2, 0) is 14.1 Å². The second kappa shape index (κ2) is 6.85. The summed E-state index contributed by atoms with van der Waals surface area (Å²) in [5.41, 5.74) is -0.145. The standard InChI is InChI=1S/C16H25N7O3/c1-5-21(6-2)16(26)23-9-7-22(8-10-23)14-17-11-12(18-14)19(3)15(25)20(4)13(11)24/h5-10H2,1-4H3,(H,17,18). The van der Waals surface area contributed by atoms with Crippen LogP contribution in [0.5, 0.6) is 0 Å². The summed E-state index contributed by atoms with van der Waals surface area (Å²) in [6.45, 7) is 7.72. The number of hydrogen-bond acceptors (Lipinski definition) is 5. The first-order chi connectivity index (χ1) is 12.4. The molecular formula is C16H25N7O3. The fourth-order valence-corrected chi connectivity index (χ4v) is 3.27. The van der Waals surface area contributed by atoms with Gasteiger partial charge >= 0.3 is 11.7 Å². The number of urea groups is 1. The summed E-state index contributed by atoms with van der Waals surface area (Å²) >= 11 is 0. The fourth-order valence-electron chi connectivity index (χ4n) is 3.27. The molecule has 26 heavy (non-hydrogen) atoms. The second-order valence-electron chi connectivity index (χ2n) is 6.39. The Bertz CT molecular complexity index is 930. The Morgan fingerprint density at radius 3 is 2.27 bits per heavy atom. The van der Waals surface area contributed by atoms with Crippen molar-refractivity contribution < 1.29 is 4.79 Å². The molecule has 0 bridgehead atoms. The Labute approximate surface area is 150 Å². The average Bonchev–Trinajstić information content (AvgIpc) is 3.11. The van der Waals surface area contributed by atoms with Crippen LogP contribution in [0.25, 0.3) is 11.2 Å². The molecular weight excluding hydrogens is 338 g/mol. The molecule has 2 amide bonds. The van der Waals surface area contributed by atoms with E-state index < -0.39 is 11.2 Å². The van der Waals surface area contributed by atoms with Gasteiger partial charge in [0.1, 0.15) is 0 Å². The molecule has 1 aliphatic rings. The quantitative estimate of drug-likeness (QED) is 0.796. The van der Waals surface area contributed by atoms with E-state index in [1.165, 1.54) is 11.6 Å². The van der Waals surface area contributed by atoms with E-state index in [1.807, 2.05) is 23.6 Å². The van der Waals surface area contributed by atoms with Crippen LogP contribution in [0.15, 0.2) is 9.59 Å². The number of carbonyl (C=O) groups excluding carboxylic acids is 1. The molecule has 0 aromatic carbocycles. The van der Waals surface area contributed by atoms with Crippen molar-refractivity contribution in [2.75, 3.05) is 44.2 Å². The van der Waals surface area contributed by atoms with Crippen LogP contribution in [0.1, 0.15) is 13.8 Å². The molecule has 0 unspecified atom stereocenters. The van der Waals surface area contributed by atoms with Crippen LogP contribution in [0.3, 0.4) is 0 Å². The summed E-state index contributed by atoms with van der Waals surface area (Å²) in [5, 5.41) is 0. The van der Waals surface area contributed by atoms with Crippen LogP contribution < -0.4 is 16.1 Å². The van der Waals surface area contributed by atoms with Gasteiger partial charge in [-0.2, -0.15) is 4.98 Å². The van der Waals surface area contributed by atoms with Crippen molar-refractivity contribution >= 4 is 23.1 Å². The maximum Gasteiger partial charge on any atom is 0.332 e. The molecule has 1 saturated heterocycles. The van der Waals surface area contributed by atoms with Crippen molar-refractivity contribution in [2.24, 2.45) is 14.1 Å². The predicted molar refractivity (Wildman–Crippen MR) is 98.7 cm³/mol. The Morgan fingerprint density at radius 1 is 1.08 bits per heavy atom. The maximum atomic E-state index is 12.4. The van der Waals surface area contributed by atoms with E-state index >= 15 is 0 Å². The second-order valence-corrected chi connectivity index (χ2v) is 6.39. The van der Waals surface area contributed by atoms with Gasteiger partial charge in [0, 0.05) is 53.4 Å². The molecule has 0 saturated carbocycles. The number of nitrogens with one attached hydrogen (secondary N) is 1. The number of anilines is 1. The molecule has 3 rings (SSSR count). The van der Waals surface area contributed by atoms with Gasteiger partial charge in [-0.25, -0.2) is 9.59 Å². The minimum Gasteiger partial charge on any atom is -0.339 e. The summed E-state index contributed by atoms with van der Waals surface area (Å²) in [7, 11) is 3.04. The van der Waals surface area contributed by atoms with E-state index in [2.05, 4.69) is 9.97 Å². The largest absolute Gasteiger partial charge is 0.339 e. The first-order valence-electron chi connectivity index (χ1n) is 8.83. The maximum absolute atomic E-state index is 12.4. The average molecular weight is 363 g/mol. The van der Waals surface area contributed by atoms with Crippen LogP contribution in [0, 0.1) is 0 Å². The van der Waals surface area contributed by atoms with E-state index in [4.69, 9.17) is 0 Å². The lowest BCUT2D eigenvalue weighted by molar-refractivity contribution is 0.154. The first-order valence-corrected chi connectivity index (χ1v) is 8.83. The van der Waals surface area contributed by atoms with Crippen LogP contribution in [-0.4, -0.2) is 74.2 Å². The molecule has 1 fully saturated rings. The molecule has 1 aliphatic heterocycles. The Kier molecular flexibility index (Phi) is 4.75. The van der Waals surface area contributed by atoms with Gasteiger partial charge in [0.05, 0.1) is 0 Å². The summed E-state index contributed by atoms with van der Waals surface area (Å²) in [4.78, 5) is 49.9. The van der Waals surface area contributed by atoms with E-state index in [-0.39, 0.29) is 6.03 Å². The molecule has 10 heteroatoms. The highest BCUT2D eigenvalue weighted by atomic mass is 16.2. The lowest BCUT2D eigenvalue weighted by Crippen LogP contribution is -2.53. The highest BCUT2D eigenvalue weighted by molar-refractivity contribution is 5.75. The SMILES string of the molecule is CCN(CC)C(=O)N1CCN(c2nc3c([nH]2)c(=O)n(C)c(=O)n3C)CC1. The number of amides is 2. The molecule has 1 N–H and O–H groups in total. The summed E-state index contributed by atoms with van der Waals surface area (Å²) in [6, 6.07) is 0.0514. The van der Waals surface area contributed by atoms with Gasteiger partial charge < -0.3 is 19.7 Å². The molecule has 0 spiro atoms. The fraction of sp³-hybridized carbons (Fsp3) is 0.625. The van der Waals surface area contributed by atoms with Gasteiger partial charge in [-0.15, -0.1) is 0 Å². The van der Waals surface area contributed by atoms with Crippen LogP contribution in [0.2, 0.25) is 0 Å². The number of hydrogen-bond donors (Lipinski definition) is 1. The topological polar surface area (TPSA) is 99.5 Å². The minimum absolute atomic E-state index is 0.0514. The van der Waals surface area contributed by atoms with Gasteiger partial charge in [0.25, 0.3) is 5.56 Å². The normalized spacial score (nSPS) is 14.9. The zero-order valence-electron chi connectivity index (χ0n) is 15.7. The zero-order valence-corrected chi connectivity index (χ0v) is 15.7. The monoisotopic (exact) mass is 363 g/mol. The number of carbonyl (C=O) groups is 1. The van der Waals surface area contributed by atoms with E-state index in [1.54, 1.807) is 11.9 Å². The Morgan fingerprint density at radius 2 is 1.69 bits per heavy atom. The van der Waals surface area contributed by atoms with Crippen LogP contribution in [0.4, 0.5) is 10.7 Å². The lowest BCUT2D eigenvalue weighted by atomic mass is 10.3. The number of aromatic amines is 1. The molecule has 2 aromatic rings. The van der Waals surface area contributed by atoms with Gasteiger partial charge in [-0.05, 0) is 13.8 Å². The summed E-state index contributed by atoms with van der Waals surface area (Å²) in [5.74, 6) is 0.549.